The minimum atomic E-state index is -0.0542. The van der Waals surface area contributed by atoms with E-state index in [0.29, 0.717) is 12.3 Å². The zero-order valence-electron chi connectivity index (χ0n) is 8.08. The SMILES string of the molecule is COc1ccc(C#CCN)cc1CO. The molecule has 0 aromatic heterocycles. The van der Waals surface area contributed by atoms with Gasteiger partial charge in [-0.05, 0) is 18.2 Å². The summed E-state index contributed by atoms with van der Waals surface area (Å²) in [7, 11) is 1.57. The zero-order valence-corrected chi connectivity index (χ0v) is 8.08. The molecule has 3 N–H and O–H groups in total. The van der Waals surface area contributed by atoms with Crippen molar-refractivity contribution in [3.8, 4) is 17.6 Å². The Morgan fingerprint density at radius 3 is 2.86 bits per heavy atom. The van der Waals surface area contributed by atoms with Crippen LogP contribution in [0.15, 0.2) is 18.2 Å². The van der Waals surface area contributed by atoms with Crippen LogP contribution in [0, 0.1) is 11.8 Å². The van der Waals surface area contributed by atoms with E-state index in [9.17, 15) is 0 Å². The number of hydrogen-bond donors (Lipinski definition) is 2. The van der Waals surface area contributed by atoms with Crippen molar-refractivity contribution in [3.63, 3.8) is 0 Å². The number of aliphatic hydroxyl groups excluding tert-OH is 1. The van der Waals surface area contributed by atoms with Gasteiger partial charge in [0.1, 0.15) is 5.75 Å². The highest BCUT2D eigenvalue weighted by molar-refractivity contribution is 5.43. The van der Waals surface area contributed by atoms with Gasteiger partial charge in [-0.15, -0.1) is 0 Å². The predicted molar refractivity (Wildman–Crippen MR) is 54.8 cm³/mol. The number of benzene rings is 1. The molecule has 0 unspecified atom stereocenters. The third kappa shape index (κ3) is 2.49. The first-order valence-corrected chi connectivity index (χ1v) is 4.28. The van der Waals surface area contributed by atoms with Gasteiger partial charge in [0.25, 0.3) is 0 Å². The van der Waals surface area contributed by atoms with Crippen LogP contribution in [0.3, 0.4) is 0 Å². The molecule has 1 aromatic carbocycles. The molecule has 1 rings (SSSR count). The Labute approximate surface area is 83.5 Å². The van der Waals surface area contributed by atoms with Gasteiger partial charge < -0.3 is 15.6 Å². The van der Waals surface area contributed by atoms with Gasteiger partial charge in [0, 0.05) is 11.1 Å². The van der Waals surface area contributed by atoms with Crippen LogP contribution in [-0.2, 0) is 6.61 Å². The van der Waals surface area contributed by atoms with Crippen LogP contribution in [-0.4, -0.2) is 18.8 Å². The molecular formula is C11H13NO2. The van der Waals surface area contributed by atoms with E-state index in [2.05, 4.69) is 11.8 Å². The van der Waals surface area contributed by atoms with Crippen LogP contribution in [0.25, 0.3) is 0 Å². The summed E-state index contributed by atoms with van der Waals surface area (Å²) in [4.78, 5) is 0. The minimum Gasteiger partial charge on any atom is -0.496 e. The fourth-order valence-corrected chi connectivity index (χ4v) is 1.13. The van der Waals surface area contributed by atoms with Crippen LogP contribution in [0.1, 0.15) is 11.1 Å². The van der Waals surface area contributed by atoms with E-state index in [-0.39, 0.29) is 6.61 Å². The van der Waals surface area contributed by atoms with Gasteiger partial charge in [0.05, 0.1) is 20.3 Å². The first-order valence-electron chi connectivity index (χ1n) is 4.28. The highest BCUT2D eigenvalue weighted by Crippen LogP contribution is 2.19. The maximum atomic E-state index is 9.05. The molecule has 0 atom stereocenters. The molecule has 3 nitrogen and oxygen atoms in total. The zero-order chi connectivity index (χ0) is 10.4. The monoisotopic (exact) mass is 191 g/mol. The van der Waals surface area contributed by atoms with Crippen LogP contribution in [0.2, 0.25) is 0 Å². The Balaban J connectivity index is 3.01. The average molecular weight is 191 g/mol. The highest BCUT2D eigenvalue weighted by atomic mass is 16.5. The number of methoxy groups -OCH3 is 1. The van der Waals surface area contributed by atoms with Crippen LogP contribution >= 0.6 is 0 Å². The van der Waals surface area contributed by atoms with Gasteiger partial charge in [-0.2, -0.15) is 0 Å². The summed E-state index contributed by atoms with van der Waals surface area (Å²) >= 11 is 0. The molecule has 0 aliphatic carbocycles. The number of aliphatic hydroxyl groups is 1. The van der Waals surface area contributed by atoms with Crippen molar-refractivity contribution in [1.82, 2.24) is 0 Å². The van der Waals surface area contributed by atoms with Crippen molar-refractivity contribution in [1.29, 1.82) is 0 Å². The van der Waals surface area contributed by atoms with E-state index in [1.165, 1.54) is 0 Å². The molecule has 0 heterocycles. The summed E-state index contributed by atoms with van der Waals surface area (Å²) in [6.45, 7) is 0.280. The summed E-state index contributed by atoms with van der Waals surface area (Å²) in [6.07, 6.45) is 0. The molecule has 0 bridgehead atoms. The topological polar surface area (TPSA) is 55.5 Å². The maximum absolute atomic E-state index is 9.05. The molecule has 0 spiro atoms. The van der Waals surface area contributed by atoms with E-state index in [1.807, 2.05) is 6.07 Å². The summed E-state index contributed by atoms with van der Waals surface area (Å²) in [5, 5.41) is 9.05. The fourth-order valence-electron chi connectivity index (χ4n) is 1.13. The quantitative estimate of drug-likeness (QED) is 0.669. The lowest BCUT2D eigenvalue weighted by atomic mass is 10.1. The third-order valence-electron chi connectivity index (χ3n) is 1.79. The minimum absolute atomic E-state index is 0.0542. The molecule has 14 heavy (non-hydrogen) atoms. The lowest BCUT2D eigenvalue weighted by Crippen LogP contribution is -1.94. The maximum Gasteiger partial charge on any atom is 0.124 e. The molecule has 1 aromatic rings. The van der Waals surface area contributed by atoms with E-state index in [4.69, 9.17) is 15.6 Å². The van der Waals surface area contributed by atoms with Crippen molar-refractivity contribution in [2.24, 2.45) is 5.73 Å². The third-order valence-corrected chi connectivity index (χ3v) is 1.79. The number of rotatable bonds is 2. The van der Waals surface area contributed by atoms with Crippen LogP contribution in [0.5, 0.6) is 5.75 Å². The van der Waals surface area contributed by atoms with Crippen molar-refractivity contribution >= 4 is 0 Å². The molecular weight excluding hydrogens is 178 g/mol. The fraction of sp³-hybridized carbons (Fsp3) is 0.273. The smallest absolute Gasteiger partial charge is 0.124 e. The molecule has 0 saturated carbocycles. The van der Waals surface area contributed by atoms with Gasteiger partial charge in [0.2, 0.25) is 0 Å². The predicted octanol–water partition coefficient (Wildman–Crippen LogP) is 0.498. The lowest BCUT2D eigenvalue weighted by molar-refractivity contribution is 0.274. The molecule has 0 fully saturated rings. The average Bonchev–Trinajstić information content (AvgIpc) is 2.25. The molecule has 0 saturated heterocycles. The summed E-state index contributed by atoms with van der Waals surface area (Å²) < 4.78 is 5.06. The van der Waals surface area contributed by atoms with Gasteiger partial charge in [-0.1, -0.05) is 11.8 Å². The van der Waals surface area contributed by atoms with E-state index in [1.54, 1.807) is 19.2 Å². The molecule has 0 radical (unpaired) electrons. The van der Waals surface area contributed by atoms with Crippen molar-refractivity contribution in [2.75, 3.05) is 13.7 Å². The normalized spacial score (nSPS) is 9.07. The second-order valence-corrected chi connectivity index (χ2v) is 2.69. The highest BCUT2D eigenvalue weighted by Gasteiger charge is 2.01. The van der Waals surface area contributed by atoms with Gasteiger partial charge >= 0.3 is 0 Å². The Kier molecular flexibility index (Phi) is 3.99. The molecule has 0 aliphatic rings. The first kappa shape index (κ1) is 10.6. The number of ether oxygens (including phenoxy) is 1. The molecule has 74 valence electrons. The summed E-state index contributed by atoms with van der Waals surface area (Å²) in [5.41, 5.74) is 6.82. The summed E-state index contributed by atoms with van der Waals surface area (Å²) in [5.74, 6) is 6.31. The Bertz CT molecular complexity index is 363. The van der Waals surface area contributed by atoms with Crippen LogP contribution in [0.4, 0.5) is 0 Å². The molecule has 0 amide bonds. The standard InChI is InChI=1S/C11H13NO2/c1-14-11-5-4-9(3-2-6-12)7-10(11)8-13/h4-5,7,13H,6,8,12H2,1H3. The van der Waals surface area contributed by atoms with E-state index >= 15 is 0 Å². The second-order valence-electron chi connectivity index (χ2n) is 2.69. The molecule has 0 aliphatic heterocycles. The van der Waals surface area contributed by atoms with E-state index in [0.717, 1.165) is 11.1 Å². The van der Waals surface area contributed by atoms with Crippen molar-refractivity contribution < 1.29 is 9.84 Å². The Morgan fingerprint density at radius 1 is 1.50 bits per heavy atom. The van der Waals surface area contributed by atoms with E-state index < -0.39 is 0 Å². The van der Waals surface area contributed by atoms with Crippen LogP contribution < -0.4 is 10.5 Å². The molecule has 3 heteroatoms. The van der Waals surface area contributed by atoms with Crippen molar-refractivity contribution in [2.45, 2.75) is 6.61 Å². The van der Waals surface area contributed by atoms with Gasteiger partial charge in [-0.3, -0.25) is 0 Å². The van der Waals surface area contributed by atoms with Crippen molar-refractivity contribution in [3.05, 3.63) is 29.3 Å². The van der Waals surface area contributed by atoms with Gasteiger partial charge in [0.15, 0.2) is 0 Å². The Hall–Kier alpha value is -1.50. The first-order chi connectivity index (χ1) is 6.81. The lowest BCUT2D eigenvalue weighted by Gasteiger charge is -2.05. The largest absolute Gasteiger partial charge is 0.496 e. The summed E-state index contributed by atoms with van der Waals surface area (Å²) in [6, 6.07) is 5.41. The van der Waals surface area contributed by atoms with Gasteiger partial charge in [-0.25, -0.2) is 0 Å². The number of nitrogens with two attached hydrogens (primary N) is 1. The second kappa shape index (κ2) is 5.28. The number of hydrogen-bond acceptors (Lipinski definition) is 3. The Morgan fingerprint density at radius 2 is 2.29 bits per heavy atom.